The Kier molecular flexibility index (Phi) is 5.75. The maximum atomic E-state index is 11.8. The largest absolute Gasteiger partial charge is 0.480 e. The standard InChI is InChI=1S/C11H20N2O6S/c1-2-19-10(16)12-20(17,18)13-11(9(14)15)7-5-3-4-6-8-11/h13H,2-8H2,1H3,(H,12,16)(H,14,15). The lowest BCUT2D eigenvalue weighted by Gasteiger charge is -2.28. The molecule has 1 rings (SSSR count). The molecule has 9 heteroatoms. The number of carbonyl (C=O) groups is 2. The molecule has 20 heavy (non-hydrogen) atoms. The van der Waals surface area contributed by atoms with Gasteiger partial charge in [-0.1, -0.05) is 25.7 Å². The van der Waals surface area contributed by atoms with Crippen molar-refractivity contribution in [1.82, 2.24) is 9.44 Å². The molecule has 0 aromatic carbocycles. The van der Waals surface area contributed by atoms with E-state index in [0.717, 1.165) is 12.8 Å². The number of rotatable bonds is 5. The number of hydrogen-bond donors (Lipinski definition) is 3. The number of carbonyl (C=O) groups excluding carboxylic acids is 1. The lowest BCUT2D eigenvalue weighted by molar-refractivity contribution is -0.144. The zero-order valence-electron chi connectivity index (χ0n) is 11.3. The second-order valence-electron chi connectivity index (χ2n) is 4.73. The van der Waals surface area contributed by atoms with Gasteiger partial charge >= 0.3 is 22.3 Å². The van der Waals surface area contributed by atoms with Crippen LogP contribution in [0, 0.1) is 0 Å². The first kappa shape index (κ1) is 16.7. The second kappa shape index (κ2) is 6.89. The van der Waals surface area contributed by atoms with Gasteiger partial charge in [-0.15, -0.1) is 0 Å². The van der Waals surface area contributed by atoms with Crippen molar-refractivity contribution in [2.75, 3.05) is 6.61 Å². The Morgan fingerprint density at radius 1 is 1.20 bits per heavy atom. The monoisotopic (exact) mass is 308 g/mol. The van der Waals surface area contributed by atoms with Crippen LogP contribution >= 0.6 is 0 Å². The molecule has 1 fully saturated rings. The first-order valence-electron chi connectivity index (χ1n) is 6.53. The van der Waals surface area contributed by atoms with E-state index in [0.29, 0.717) is 12.8 Å². The number of nitrogens with one attached hydrogen (secondary N) is 2. The minimum atomic E-state index is -4.28. The fraction of sp³-hybridized carbons (Fsp3) is 0.818. The molecule has 0 unspecified atom stereocenters. The van der Waals surface area contributed by atoms with Gasteiger partial charge in [-0.3, -0.25) is 4.79 Å². The molecule has 0 aromatic heterocycles. The van der Waals surface area contributed by atoms with Gasteiger partial charge in [0.15, 0.2) is 0 Å². The van der Waals surface area contributed by atoms with Crippen LogP contribution in [0.3, 0.4) is 0 Å². The highest BCUT2D eigenvalue weighted by atomic mass is 32.2. The topological polar surface area (TPSA) is 122 Å². The van der Waals surface area contributed by atoms with Crippen LogP contribution in [-0.4, -0.2) is 37.7 Å². The molecule has 1 aliphatic carbocycles. The molecule has 0 bridgehead atoms. The summed E-state index contributed by atoms with van der Waals surface area (Å²) in [6, 6.07) is 0. The van der Waals surface area contributed by atoms with Crippen LogP contribution in [0.5, 0.6) is 0 Å². The number of amides is 1. The van der Waals surface area contributed by atoms with Crippen molar-refractivity contribution in [3.05, 3.63) is 0 Å². The van der Waals surface area contributed by atoms with Gasteiger partial charge in [0.1, 0.15) is 5.54 Å². The van der Waals surface area contributed by atoms with Crippen molar-refractivity contribution in [2.24, 2.45) is 0 Å². The Bertz CT molecular complexity index is 454. The normalized spacial score (nSPS) is 18.9. The number of aliphatic carboxylic acids is 1. The summed E-state index contributed by atoms with van der Waals surface area (Å²) in [5.41, 5.74) is -1.56. The predicted octanol–water partition coefficient (Wildman–Crippen LogP) is 0.744. The number of carboxylic acids is 1. The van der Waals surface area contributed by atoms with Gasteiger partial charge in [0, 0.05) is 0 Å². The van der Waals surface area contributed by atoms with E-state index in [1.165, 1.54) is 6.92 Å². The van der Waals surface area contributed by atoms with Crippen molar-refractivity contribution in [2.45, 2.75) is 51.0 Å². The van der Waals surface area contributed by atoms with E-state index in [1.807, 2.05) is 0 Å². The van der Waals surface area contributed by atoms with Crippen LogP contribution in [0.15, 0.2) is 0 Å². The zero-order chi connectivity index (χ0) is 15.2. The highest BCUT2D eigenvalue weighted by molar-refractivity contribution is 7.88. The van der Waals surface area contributed by atoms with E-state index in [1.54, 1.807) is 4.72 Å². The summed E-state index contributed by atoms with van der Waals surface area (Å²) in [6.45, 7) is 1.55. The second-order valence-corrected chi connectivity index (χ2v) is 6.14. The molecular formula is C11H20N2O6S. The first-order chi connectivity index (χ1) is 9.31. The lowest BCUT2D eigenvalue weighted by atomic mass is 9.92. The molecule has 1 amide bonds. The van der Waals surface area contributed by atoms with Crippen molar-refractivity contribution >= 4 is 22.3 Å². The minimum Gasteiger partial charge on any atom is -0.480 e. The van der Waals surface area contributed by atoms with E-state index in [2.05, 4.69) is 9.46 Å². The van der Waals surface area contributed by atoms with Crippen LogP contribution in [0.4, 0.5) is 4.79 Å². The van der Waals surface area contributed by atoms with Crippen LogP contribution in [0.25, 0.3) is 0 Å². The molecular weight excluding hydrogens is 288 g/mol. The SMILES string of the molecule is CCOC(=O)NS(=O)(=O)NC1(C(=O)O)CCCCCC1. The highest BCUT2D eigenvalue weighted by Crippen LogP contribution is 2.28. The molecule has 0 heterocycles. The molecule has 0 aliphatic heterocycles. The third-order valence-corrected chi connectivity index (χ3v) is 4.28. The number of carboxylic acid groups (broad SMARTS) is 1. The minimum absolute atomic E-state index is 0.0193. The summed E-state index contributed by atoms with van der Waals surface area (Å²) in [6.07, 6.45) is 2.24. The fourth-order valence-electron chi connectivity index (χ4n) is 2.24. The van der Waals surface area contributed by atoms with E-state index in [9.17, 15) is 23.1 Å². The zero-order valence-corrected chi connectivity index (χ0v) is 12.2. The maximum absolute atomic E-state index is 11.8. The van der Waals surface area contributed by atoms with Crippen LogP contribution in [0.1, 0.15) is 45.4 Å². The van der Waals surface area contributed by atoms with Crippen molar-refractivity contribution in [1.29, 1.82) is 0 Å². The molecule has 3 N–H and O–H groups in total. The molecule has 0 aromatic rings. The Morgan fingerprint density at radius 2 is 1.75 bits per heavy atom. The Balaban J connectivity index is 2.83. The van der Waals surface area contributed by atoms with E-state index >= 15 is 0 Å². The summed E-state index contributed by atoms with van der Waals surface area (Å²) in [7, 11) is -4.28. The molecule has 0 saturated heterocycles. The van der Waals surface area contributed by atoms with E-state index in [-0.39, 0.29) is 19.4 Å². The van der Waals surface area contributed by atoms with Gasteiger partial charge in [-0.2, -0.15) is 13.1 Å². The van der Waals surface area contributed by atoms with Crippen molar-refractivity contribution in [3.63, 3.8) is 0 Å². The fourth-order valence-corrected chi connectivity index (χ4v) is 3.38. The molecule has 116 valence electrons. The average molecular weight is 308 g/mol. The van der Waals surface area contributed by atoms with Crippen LogP contribution < -0.4 is 9.44 Å². The number of ether oxygens (including phenoxy) is 1. The van der Waals surface area contributed by atoms with Crippen LogP contribution in [0.2, 0.25) is 0 Å². The van der Waals surface area contributed by atoms with Crippen molar-refractivity contribution in [3.8, 4) is 0 Å². The highest BCUT2D eigenvalue weighted by Gasteiger charge is 2.42. The summed E-state index contributed by atoms with van der Waals surface area (Å²) in [4.78, 5) is 22.6. The summed E-state index contributed by atoms with van der Waals surface area (Å²) in [5.74, 6) is -1.23. The van der Waals surface area contributed by atoms with Gasteiger partial charge in [0.2, 0.25) is 0 Å². The Hall–Kier alpha value is -1.35. The van der Waals surface area contributed by atoms with Gasteiger partial charge in [0.25, 0.3) is 0 Å². The summed E-state index contributed by atoms with van der Waals surface area (Å²) < 4.78 is 31.8. The average Bonchev–Trinajstić information content (AvgIpc) is 2.54. The molecule has 1 aliphatic rings. The lowest BCUT2D eigenvalue weighted by Crippen LogP contribution is -2.57. The molecule has 0 radical (unpaired) electrons. The summed E-state index contributed by atoms with van der Waals surface area (Å²) in [5, 5.41) is 9.34. The van der Waals surface area contributed by atoms with E-state index < -0.39 is 27.8 Å². The maximum Gasteiger partial charge on any atom is 0.421 e. The van der Waals surface area contributed by atoms with E-state index in [4.69, 9.17) is 0 Å². The Labute approximate surface area is 118 Å². The first-order valence-corrected chi connectivity index (χ1v) is 8.01. The quantitative estimate of drug-likeness (QED) is 0.644. The predicted molar refractivity (Wildman–Crippen MR) is 70.3 cm³/mol. The Morgan fingerprint density at radius 3 is 2.20 bits per heavy atom. The number of hydrogen-bond acceptors (Lipinski definition) is 5. The summed E-state index contributed by atoms with van der Waals surface area (Å²) >= 11 is 0. The van der Waals surface area contributed by atoms with Gasteiger partial charge in [-0.25, -0.2) is 9.52 Å². The van der Waals surface area contributed by atoms with Crippen LogP contribution in [-0.2, 0) is 19.7 Å². The molecule has 1 saturated carbocycles. The molecule has 8 nitrogen and oxygen atoms in total. The van der Waals surface area contributed by atoms with Gasteiger partial charge < -0.3 is 9.84 Å². The molecule has 0 atom stereocenters. The molecule has 0 spiro atoms. The van der Waals surface area contributed by atoms with Crippen molar-refractivity contribution < 1.29 is 27.9 Å². The third kappa shape index (κ3) is 4.64. The van der Waals surface area contributed by atoms with Gasteiger partial charge in [-0.05, 0) is 19.8 Å². The third-order valence-electron chi connectivity index (χ3n) is 3.19. The van der Waals surface area contributed by atoms with Gasteiger partial charge in [0.05, 0.1) is 6.61 Å². The smallest absolute Gasteiger partial charge is 0.421 e.